The van der Waals surface area contributed by atoms with Crippen LogP contribution in [0.25, 0.3) is 11.0 Å². The number of nitrogens with one attached hydrogen (secondary N) is 2. The van der Waals surface area contributed by atoms with Crippen LogP contribution >= 0.6 is 0 Å². The highest BCUT2D eigenvalue weighted by Crippen LogP contribution is 2.31. The van der Waals surface area contributed by atoms with E-state index in [4.69, 9.17) is 5.73 Å². The molecule has 3 heterocycles. The van der Waals surface area contributed by atoms with Crippen molar-refractivity contribution in [3.63, 3.8) is 0 Å². The van der Waals surface area contributed by atoms with Crippen LogP contribution in [0.15, 0.2) is 12.5 Å². The van der Waals surface area contributed by atoms with Crippen molar-refractivity contribution in [2.75, 3.05) is 18.0 Å². The highest BCUT2D eigenvalue weighted by Gasteiger charge is 2.40. The summed E-state index contributed by atoms with van der Waals surface area (Å²) in [6, 6.07) is 0. The van der Waals surface area contributed by atoms with Crippen LogP contribution in [0.3, 0.4) is 0 Å². The molecule has 1 fully saturated rings. The Labute approximate surface area is 152 Å². The minimum atomic E-state index is -0.963. The lowest BCUT2D eigenvalue weighted by Crippen LogP contribution is -2.62. The molecule has 2 aromatic rings. The van der Waals surface area contributed by atoms with E-state index in [1.54, 1.807) is 0 Å². The summed E-state index contributed by atoms with van der Waals surface area (Å²) in [6.07, 6.45) is 5.34. The van der Waals surface area contributed by atoms with E-state index in [0.717, 1.165) is 28.8 Å². The fourth-order valence-corrected chi connectivity index (χ4v) is 3.52. The van der Waals surface area contributed by atoms with Crippen LogP contribution in [0.4, 0.5) is 5.82 Å². The SMILES string of the molecule is CCc1c[nH]c2ncnc(N3CC(C(=O)NC(CC)(CC)C(N)=O)C3)c12. The zero-order chi connectivity index (χ0) is 18.9. The predicted molar refractivity (Wildman–Crippen MR) is 99.6 cm³/mol. The number of aromatic nitrogens is 3. The fraction of sp³-hybridized carbons (Fsp3) is 0.556. The minimum Gasteiger partial charge on any atom is -0.368 e. The summed E-state index contributed by atoms with van der Waals surface area (Å²) < 4.78 is 0. The molecule has 0 radical (unpaired) electrons. The summed E-state index contributed by atoms with van der Waals surface area (Å²) in [6.45, 7) is 6.93. The molecule has 0 spiro atoms. The average molecular weight is 358 g/mol. The molecule has 0 atom stereocenters. The van der Waals surface area contributed by atoms with Crippen molar-refractivity contribution in [1.29, 1.82) is 0 Å². The largest absolute Gasteiger partial charge is 0.368 e. The average Bonchev–Trinajstić information content (AvgIpc) is 3.02. The molecule has 1 saturated heterocycles. The van der Waals surface area contributed by atoms with Gasteiger partial charge in [-0.1, -0.05) is 20.8 Å². The first-order valence-electron chi connectivity index (χ1n) is 9.13. The lowest BCUT2D eigenvalue weighted by atomic mass is 9.89. The number of amides is 2. The summed E-state index contributed by atoms with van der Waals surface area (Å²) in [7, 11) is 0. The van der Waals surface area contributed by atoms with Gasteiger partial charge in [-0.25, -0.2) is 9.97 Å². The van der Waals surface area contributed by atoms with Gasteiger partial charge in [0.2, 0.25) is 11.8 Å². The Kier molecular flexibility index (Phi) is 4.84. The summed E-state index contributed by atoms with van der Waals surface area (Å²) in [5.41, 5.74) is 6.52. The molecular weight excluding hydrogens is 332 g/mol. The molecule has 0 unspecified atom stereocenters. The number of nitrogens with zero attached hydrogens (tertiary/aromatic N) is 3. The molecule has 1 aliphatic rings. The standard InChI is InChI=1S/C18H26N6O2/c1-4-11-7-20-14-13(11)15(22-10-21-14)24-8-12(9-24)16(25)23-18(5-2,6-3)17(19)26/h7,10,12H,4-6,8-9H2,1-3H3,(H2,19,26)(H,23,25)(H,20,21,22). The van der Waals surface area contributed by atoms with Crippen molar-refractivity contribution in [2.24, 2.45) is 11.7 Å². The molecule has 4 N–H and O–H groups in total. The molecule has 1 aliphatic heterocycles. The lowest BCUT2D eigenvalue weighted by Gasteiger charge is -2.41. The fourth-order valence-electron chi connectivity index (χ4n) is 3.52. The van der Waals surface area contributed by atoms with Gasteiger partial charge in [0.25, 0.3) is 0 Å². The maximum atomic E-state index is 12.6. The van der Waals surface area contributed by atoms with Crippen molar-refractivity contribution in [3.8, 4) is 0 Å². The van der Waals surface area contributed by atoms with Crippen LogP contribution < -0.4 is 16.0 Å². The Morgan fingerprint density at radius 1 is 1.31 bits per heavy atom. The third-order valence-electron chi connectivity index (χ3n) is 5.51. The van der Waals surface area contributed by atoms with Crippen LogP contribution in [0.1, 0.15) is 39.2 Å². The van der Waals surface area contributed by atoms with Gasteiger partial charge in [0, 0.05) is 19.3 Å². The number of aryl methyl sites for hydroxylation is 1. The van der Waals surface area contributed by atoms with Gasteiger partial charge < -0.3 is 20.9 Å². The number of fused-ring (bicyclic) bond motifs is 1. The van der Waals surface area contributed by atoms with E-state index in [2.05, 4.69) is 32.1 Å². The number of carbonyl (C=O) groups is 2. The molecule has 26 heavy (non-hydrogen) atoms. The quantitative estimate of drug-likeness (QED) is 0.685. The molecule has 140 valence electrons. The van der Waals surface area contributed by atoms with Gasteiger partial charge >= 0.3 is 0 Å². The van der Waals surface area contributed by atoms with Crippen LogP contribution in [-0.4, -0.2) is 45.4 Å². The second-order valence-corrected chi connectivity index (χ2v) is 6.83. The first-order chi connectivity index (χ1) is 12.5. The maximum absolute atomic E-state index is 12.6. The van der Waals surface area contributed by atoms with Crippen molar-refractivity contribution >= 4 is 28.7 Å². The van der Waals surface area contributed by atoms with E-state index in [1.807, 2.05) is 20.0 Å². The zero-order valence-corrected chi connectivity index (χ0v) is 15.5. The third-order valence-corrected chi connectivity index (χ3v) is 5.51. The Hall–Kier alpha value is -2.64. The molecule has 3 rings (SSSR count). The van der Waals surface area contributed by atoms with Gasteiger partial charge in [0.05, 0.1) is 11.3 Å². The first-order valence-corrected chi connectivity index (χ1v) is 9.13. The van der Waals surface area contributed by atoms with Gasteiger partial charge in [-0.3, -0.25) is 9.59 Å². The highest BCUT2D eigenvalue weighted by molar-refractivity contribution is 5.94. The lowest BCUT2D eigenvalue weighted by molar-refractivity contribution is -0.134. The van der Waals surface area contributed by atoms with Crippen molar-refractivity contribution in [2.45, 2.75) is 45.6 Å². The van der Waals surface area contributed by atoms with Crippen molar-refractivity contribution < 1.29 is 9.59 Å². The number of primary amides is 1. The Morgan fingerprint density at radius 2 is 2.00 bits per heavy atom. The topological polar surface area (TPSA) is 117 Å². The first kappa shape index (κ1) is 18.2. The molecule has 8 nitrogen and oxygen atoms in total. The molecule has 0 aromatic carbocycles. The highest BCUT2D eigenvalue weighted by atomic mass is 16.2. The zero-order valence-electron chi connectivity index (χ0n) is 15.5. The van der Waals surface area contributed by atoms with E-state index in [1.165, 1.54) is 6.33 Å². The van der Waals surface area contributed by atoms with Crippen LogP contribution in [0, 0.1) is 5.92 Å². The molecular formula is C18H26N6O2. The van der Waals surface area contributed by atoms with Crippen molar-refractivity contribution in [1.82, 2.24) is 20.3 Å². The second kappa shape index (κ2) is 6.93. The summed E-state index contributed by atoms with van der Waals surface area (Å²) in [5.74, 6) is 0.0634. The number of hydrogen-bond acceptors (Lipinski definition) is 5. The maximum Gasteiger partial charge on any atom is 0.243 e. The molecule has 0 bridgehead atoms. The third kappa shape index (κ3) is 2.89. The number of carbonyl (C=O) groups excluding carboxylic acids is 2. The summed E-state index contributed by atoms with van der Waals surface area (Å²) in [4.78, 5) is 38.3. The van der Waals surface area contributed by atoms with Gasteiger partial charge in [0.1, 0.15) is 23.3 Å². The van der Waals surface area contributed by atoms with E-state index in [9.17, 15) is 9.59 Å². The van der Waals surface area contributed by atoms with E-state index in [0.29, 0.717) is 25.9 Å². The van der Waals surface area contributed by atoms with Crippen molar-refractivity contribution in [3.05, 3.63) is 18.1 Å². The van der Waals surface area contributed by atoms with Crippen LogP contribution in [0.2, 0.25) is 0 Å². The van der Waals surface area contributed by atoms with Gasteiger partial charge in [-0.2, -0.15) is 0 Å². The molecule has 0 aliphatic carbocycles. The van der Waals surface area contributed by atoms with Crippen LogP contribution in [0.5, 0.6) is 0 Å². The normalized spacial score (nSPS) is 15.1. The van der Waals surface area contributed by atoms with Gasteiger partial charge in [0.15, 0.2) is 0 Å². The Bertz CT molecular complexity index is 820. The number of hydrogen-bond donors (Lipinski definition) is 3. The number of H-pyrrole nitrogens is 1. The smallest absolute Gasteiger partial charge is 0.243 e. The molecule has 2 aromatic heterocycles. The Morgan fingerprint density at radius 3 is 2.58 bits per heavy atom. The van der Waals surface area contributed by atoms with E-state index >= 15 is 0 Å². The molecule has 2 amide bonds. The monoisotopic (exact) mass is 358 g/mol. The van der Waals surface area contributed by atoms with Gasteiger partial charge in [-0.15, -0.1) is 0 Å². The molecule has 8 heteroatoms. The minimum absolute atomic E-state index is 0.126. The number of nitrogens with two attached hydrogens (primary N) is 1. The number of anilines is 1. The number of aromatic amines is 1. The second-order valence-electron chi connectivity index (χ2n) is 6.83. The van der Waals surface area contributed by atoms with E-state index < -0.39 is 11.4 Å². The number of rotatable bonds is 7. The van der Waals surface area contributed by atoms with E-state index in [-0.39, 0.29) is 11.8 Å². The van der Waals surface area contributed by atoms with Gasteiger partial charge in [-0.05, 0) is 24.8 Å². The Balaban J connectivity index is 1.72. The predicted octanol–water partition coefficient (Wildman–Crippen LogP) is 1.12. The summed E-state index contributed by atoms with van der Waals surface area (Å²) >= 11 is 0. The van der Waals surface area contributed by atoms with Crippen LogP contribution in [-0.2, 0) is 16.0 Å². The summed E-state index contributed by atoms with van der Waals surface area (Å²) in [5, 5.41) is 3.90. The molecule has 0 saturated carbocycles.